The Balaban J connectivity index is 1.57. The van der Waals surface area contributed by atoms with Gasteiger partial charge in [-0.3, -0.25) is 9.69 Å². The molecular weight excluding hydrogens is 382 g/mol. The van der Waals surface area contributed by atoms with Crippen molar-refractivity contribution in [2.24, 2.45) is 5.92 Å². The van der Waals surface area contributed by atoms with Crippen LogP contribution in [0.15, 0.2) is 59.4 Å². The van der Waals surface area contributed by atoms with Gasteiger partial charge in [0.1, 0.15) is 12.1 Å². The monoisotopic (exact) mass is 405 g/mol. The van der Waals surface area contributed by atoms with Gasteiger partial charge in [-0.1, -0.05) is 35.5 Å². The summed E-state index contributed by atoms with van der Waals surface area (Å²) < 4.78 is 5.08. The van der Waals surface area contributed by atoms with Gasteiger partial charge in [0.2, 0.25) is 5.91 Å². The molecule has 8 nitrogen and oxygen atoms in total. The fourth-order valence-corrected chi connectivity index (χ4v) is 3.87. The Hall–Kier alpha value is -3.68. The molecule has 1 aliphatic heterocycles. The lowest BCUT2D eigenvalue weighted by molar-refractivity contribution is -0.150. The second-order valence-electron chi connectivity index (χ2n) is 7.49. The van der Waals surface area contributed by atoms with Crippen molar-refractivity contribution >= 4 is 17.8 Å². The fraction of sp³-hybridized carbons (Fsp3) is 0.273. The number of anilines is 1. The molecule has 2 aromatic heterocycles. The maximum absolute atomic E-state index is 13.0. The molecule has 3 heterocycles. The predicted molar refractivity (Wildman–Crippen MR) is 110 cm³/mol. The van der Waals surface area contributed by atoms with Crippen LogP contribution in [-0.2, 0) is 11.2 Å². The van der Waals surface area contributed by atoms with Crippen LogP contribution in [0.3, 0.4) is 0 Å². The van der Waals surface area contributed by atoms with Crippen LogP contribution in [0.4, 0.5) is 10.6 Å². The highest BCUT2D eigenvalue weighted by Gasteiger charge is 2.52. The number of amides is 3. The van der Waals surface area contributed by atoms with E-state index < -0.39 is 18.0 Å². The number of pyridine rings is 1. The molecule has 0 bridgehead atoms. The molecule has 0 spiro atoms. The van der Waals surface area contributed by atoms with Crippen LogP contribution in [0.2, 0.25) is 0 Å². The number of aryl methyl sites for hydroxylation is 1. The molecule has 1 saturated heterocycles. The summed E-state index contributed by atoms with van der Waals surface area (Å²) in [6, 6.07) is 12.0. The first kappa shape index (κ1) is 19.6. The molecule has 1 aliphatic rings. The lowest BCUT2D eigenvalue weighted by Gasteiger charge is -2.45. The Kier molecular flexibility index (Phi) is 5.22. The molecule has 3 N–H and O–H groups in total. The van der Waals surface area contributed by atoms with Crippen LogP contribution in [0.5, 0.6) is 0 Å². The molecule has 1 aromatic carbocycles. The molecule has 3 aromatic rings. The normalized spacial score (nSPS) is 19.3. The molecule has 0 unspecified atom stereocenters. The van der Waals surface area contributed by atoms with E-state index in [0.29, 0.717) is 17.9 Å². The van der Waals surface area contributed by atoms with Crippen LogP contribution >= 0.6 is 0 Å². The summed E-state index contributed by atoms with van der Waals surface area (Å²) in [6.45, 7) is 3.68. The Morgan fingerprint density at radius 1 is 1.30 bits per heavy atom. The lowest BCUT2D eigenvalue weighted by Crippen LogP contribution is -2.61. The van der Waals surface area contributed by atoms with Crippen LogP contribution in [0.1, 0.15) is 41.4 Å². The van der Waals surface area contributed by atoms with E-state index in [2.05, 4.69) is 15.5 Å². The first-order valence-corrected chi connectivity index (χ1v) is 9.75. The fourth-order valence-electron chi connectivity index (χ4n) is 3.87. The average Bonchev–Trinajstić information content (AvgIpc) is 3.15. The van der Waals surface area contributed by atoms with Gasteiger partial charge in [0.25, 0.3) is 0 Å². The summed E-state index contributed by atoms with van der Waals surface area (Å²) in [7, 11) is 0. The number of nitrogens with zero attached hydrogens (tertiary/aromatic N) is 3. The molecule has 0 saturated carbocycles. The van der Waals surface area contributed by atoms with Crippen LogP contribution < -0.4 is 11.1 Å². The molecule has 3 atom stereocenters. The second-order valence-corrected chi connectivity index (χ2v) is 7.49. The minimum Gasteiger partial charge on any atom is -0.384 e. The van der Waals surface area contributed by atoms with E-state index in [1.807, 2.05) is 43.3 Å². The quantitative estimate of drug-likeness (QED) is 0.630. The van der Waals surface area contributed by atoms with Crippen molar-refractivity contribution in [3.8, 4) is 0 Å². The van der Waals surface area contributed by atoms with E-state index >= 15 is 0 Å². The summed E-state index contributed by atoms with van der Waals surface area (Å²) in [5.74, 6) is -0.264. The van der Waals surface area contributed by atoms with Gasteiger partial charge in [-0.05, 0) is 43.5 Å². The van der Waals surface area contributed by atoms with Crippen molar-refractivity contribution in [2.75, 3.05) is 5.73 Å². The van der Waals surface area contributed by atoms with Crippen molar-refractivity contribution < 1.29 is 14.1 Å². The van der Waals surface area contributed by atoms with Gasteiger partial charge in [0, 0.05) is 11.8 Å². The second kappa shape index (κ2) is 7.98. The standard InChI is InChI=1S/C22H23N5O3/c1-13(16-6-4-3-5-7-16)25-22(29)27-20(18-12-30-26-14(18)2)17(21(27)28)10-15-8-9-24-19(23)11-15/h3-9,11-13,17,20H,10H2,1-2H3,(H2,23,24)(H,25,29)/t13-,17-,20+/m1/s1. The highest BCUT2D eigenvalue weighted by atomic mass is 16.5. The van der Waals surface area contributed by atoms with Crippen LogP contribution in [0, 0.1) is 12.8 Å². The van der Waals surface area contributed by atoms with E-state index in [4.69, 9.17) is 10.3 Å². The zero-order valence-corrected chi connectivity index (χ0v) is 16.8. The van der Waals surface area contributed by atoms with E-state index in [-0.39, 0.29) is 11.9 Å². The summed E-state index contributed by atoms with van der Waals surface area (Å²) in [6.07, 6.45) is 3.56. The van der Waals surface area contributed by atoms with E-state index in [0.717, 1.165) is 16.7 Å². The summed E-state index contributed by atoms with van der Waals surface area (Å²) in [5.41, 5.74) is 9.00. The predicted octanol–water partition coefficient (Wildman–Crippen LogP) is 3.17. The van der Waals surface area contributed by atoms with Crippen molar-refractivity contribution in [1.29, 1.82) is 0 Å². The maximum atomic E-state index is 13.0. The molecule has 3 amide bonds. The van der Waals surface area contributed by atoms with Gasteiger partial charge in [-0.15, -0.1) is 0 Å². The first-order valence-electron chi connectivity index (χ1n) is 9.75. The molecule has 154 valence electrons. The van der Waals surface area contributed by atoms with E-state index in [1.54, 1.807) is 19.2 Å². The highest BCUT2D eigenvalue weighted by Crippen LogP contribution is 2.43. The summed E-state index contributed by atoms with van der Waals surface area (Å²) in [5, 5.41) is 6.85. The zero-order valence-electron chi connectivity index (χ0n) is 16.8. The molecule has 1 fully saturated rings. The molecule has 8 heteroatoms. The number of β-lactam (4-membered cyclic amide) rings is 1. The number of nitrogens with one attached hydrogen (secondary N) is 1. The number of likely N-dealkylation sites (tertiary alicyclic amines) is 1. The number of hydrogen-bond donors (Lipinski definition) is 2. The number of hydrogen-bond acceptors (Lipinski definition) is 6. The van der Waals surface area contributed by atoms with Crippen molar-refractivity contribution in [1.82, 2.24) is 20.4 Å². The van der Waals surface area contributed by atoms with Crippen molar-refractivity contribution in [3.63, 3.8) is 0 Å². The van der Waals surface area contributed by atoms with Gasteiger partial charge in [-0.25, -0.2) is 9.78 Å². The number of urea groups is 1. The van der Waals surface area contributed by atoms with E-state index in [9.17, 15) is 9.59 Å². The number of nitrogens with two attached hydrogens (primary N) is 1. The molecule has 0 aliphatic carbocycles. The minimum atomic E-state index is -0.457. The van der Waals surface area contributed by atoms with Crippen LogP contribution in [0.25, 0.3) is 0 Å². The molecule has 0 radical (unpaired) electrons. The van der Waals surface area contributed by atoms with Gasteiger partial charge < -0.3 is 15.6 Å². The average molecular weight is 405 g/mol. The Morgan fingerprint density at radius 3 is 2.73 bits per heavy atom. The number of benzene rings is 1. The largest absolute Gasteiger partial charge is 0.384 e. The van der Waals surface area contributed by atoms with Gasteiger partial charge >= 0.3 is 6.03 Å². The Labute approximate surface area is 174 Å². The van der Waals surface area contributed by atoms with Crippen molar-refractivity contribution in [3.05, 3.63) is 77.3 Å². The molecular formula is C22H23N5O3. The maximum Gasteiger partial charge on any atom is 0.325 e. The Bertz CT molecular complexity index is 1070. The SMILES string of the molecule is Cc1nocc1[C@@H]1[C@@H](Cc2ccnc(N)c2)C(=O)N1C(=O)N[C@H](C)c1ccccc1. The first-order chi connectivity index (χ1) is 14.5. The lowest BCUT2D eigenvalue weighted by atomic mass is 9.79. The number of aromatic nitrogens is 2. The third-order valence-corrected chi connectivity index (χ3v) is 5.48. The summed E-state index contributed by atoms with van der Waals surface area (Å²) >= 11 is 0. The number of nitrogen functional groups attached to an aromatic ring is 1. The van der Waals surface area contributed by atoms with Gasteiger partial charge in [0.15, 0.2) is 0 Å². The van der Waals surface area contributed by atoms with E-state index in [1.165, 1.54) is 11.2 Å². The number of carbonyl (C=O) groups is 2. The van der Waals surface area contributed by atoms with Crippen molar-refractivity contribution in [2.45, 2.75) is 32.4 Å². The zero-order chi connectivity index (χ0) is 21.3. The molecule has 4 rings (SSSR count). The smallest absolute Gasteiger partial charge is 0.325 e. The third kappa shape index (κ3) is 3.63. The summed E-state index contributed by atoms with van der Waals surface area (Å²) in [4.78, 5) is 31.2. The number of carbonyl (C=O) groups excluding carboxylic acids is 2. The van der Waals surface area contributed by atoms with Gasteiger partial charge in [0.05, 0.1) is 23.7 Å². The number of imide groups is 1. The van der Waals surface area contributed by atoms with Gasteiger partial charge in [-0.2, -0.15) is 0 Å². The number of rotatable bonds is 5. The molecule has 30 heavy (non-hydrogen) atoms. The minimum absolute atomic E-state index is 0.241. The third-order valence-electron chi connectivity index (χ3n) is 5.48. The Morgan fingerprint density at radius 2 is 2.07 bits per heavy atom. The highest BCUT2D eigenvalue weighted by molar-refractivity contribution is 6.01. The van der Waals surface area contributed by atoms with Crippen LogP contribution in [-0.4, -0.2) is 27.0 Å². The topological polar surface area (TPSA) is 114 Å².